The lowest BCUT2D eigenvalue weighted by atomic mass is 10.0. The van der Waals surface area contributed by atoms with Crippen molar-refractivity contribution in [3.05, 3.63) is 60.7 Å². The Morgan fingerprint density at radius 1 is 0.947 bits per heavy atom. The molecule has 0 bridgehead atoms. The van der Waals surface area contributed by atoms with Crippen LogP contribution < -0.4 is 4.74 Å². The number of halogens is 3. The number of hydrogen-bond acceptors (Lipinski definition) is 1. The largest absolute Gasteiger partial charge is 0.573 e. The first kappa shape index (κ1) is 13.2. The van der Waals surface area contributed by atoms with Gasteiger partial charge in [-0.2, -0.15) is 0 Å². The standard InChI is InChI=1S/C15H11F3O/c1-2-11-8-13(12-6-4-3-5-7-12)10-14(9-11)19-15(16,17)18/h2-10H,1H2. The van der Waals surface area contributed by atoms with Crippen molar-refractivity contribution in [1.82, 2.24) is 0 Å². The zero-order valence-corrected chi connectivity index (χ0v) is 9.95. The molecule has 0 aromatic heterocycles. The Balaban J connectivity index is 2.45. The Bertz CT molecular complexity index is 574. The van der Waals surface area contributed by atoms with Crippen molar-refractivity contribution >= 4 is 6.08 Å². The topological polar surface area (TPSA) is 9.23 Å². The van der Waals surface area contributed by atoms with Gasteiger partial charge in [-0.1, -0.05) is 43.0 Å². The molecule has 0 aliphatic heterocycles. The molecule has 0 N–H and O–H groups in total. The van der Waals surface area contributed by atoms with Crippen LogP contribution >= 0.6 is 0 Å². The summed E-state index contributed by atoms with van der Waals surface area (Å²) in [5.41, 5.74) is 2.04. The van der Waals surface area contributed by atoms with Crippen molar-refractivity contribution < 1.29 is 17.9 Å². The molecule has 2 aromatic rings. The number of ether oxygens (including phenoxy) is 1. The van der Waals surface area contributed by atoms with Crippen molar-refractivity contribution in [1.29, 1.82) is 0 Å². The molecule has 0 atom stereocenters. The molecule has 4 heteroatoms. The predicted octanol–water partition coefficient (Wildman–Crippen LogP) is 4.90. The average molecular weight is 264 g/mol. The normalized spacial score (nSPS) is 11.1. The molecule has 19 heavy (non-hydrogen) atoms. The molecule has 2 aromatic carbocycles. The van der Waals surface area contributed by atoms with E-state index in [4.69, 9.17) is 0 Å². The summed E-state index contributed by atoms with van der Waals surface area (Å²) >= 11 is 0. The van der Waals surface area contributed by atoms with Gasteiger partial charge in [-0.25, -0.2) is 0 Å². The fraction of sp³-hybridized carbons (Fsp3) is 0.0667. The lowest BCUT2D eigenvalue weighted by molar-refractivity contribution is -0.274. The molecule has 98 valence electrons. The molecule has 0 heterocycles. The number of alkyl halides is 3. The Hall–Kier alpha value is -2.23. The van der Waals surface area contributed by atoms with Crippen molar-refractivity contribution in [2.24, 2.45) is 0 Å². The molecule has 0 saturated carbocycles. The van der Waals surface area contributed by atoms with Crippen LogP contribution in [0, 0.1) is 0 Å². The van der Waals surface area contributed by atoms with Gasteiger partial charge in [0.25, 0.3) is 0 Å². The van der Waals surface area contributed by atoms with Crippen molar-refractivity contribution in [3.8, 4) is 16.9 Å². The fourth-order valence-electron chi connectivity index (χ4n) is 1.73. The van der Waals surface area contributed by atoms with Crippen LogP contribution in [0.4, 0.5) is 13.2 Å². The summed E-state index contributed by atoms with van der Waals surface area (Å²) in [6.07, 6.45) is -3.22. The monoisotopic (exact) mass is 264 g/mol. The van der Waals surface area contributed by atoms with Crippen LogP contribution in [-0.4, -0.2) is 6.36 Å². The minimum atomic E-state index is -4.70. The van der Waals surface area contributed by atoms with Gasteiger partial charge < -0.3 is 4.74 Å². The van der Waals surface area contributed by atoms with Crippen molar-refractivity contribution in [2.75, 3.05) is 0 Å². The molecular weight excluding hydrogens is 253 g/mol. The maximum atomic E-state index is 12.3. The molecular formula is C15H11F3O. The van der Waals surface area contributed by atoms with Gasteiger partial charge in [0.15, 0.2) is 0 Å². The van der Waals surface area contributed by atoms with E-state index in [1.807, 2.05) is 30.3 Å². The second-order valence-corrected chi connectivity index (χ2v) is 3.91. The van der Waals surface area contributed by atoms with E-state index in [1.165, 1.54) is 18.2 Å². The Morgan fingerprint density at radius 2 is 1.63 bits per heavy atom. The fourth-order valence-corrected chi connectivity index (χ4v) is 1.73. The Kier molecular flexibility index (Phi) is 3.60. The van der Waals surface area contributed by atoms with Gasteiger partial charge in [0.05, 0.1) is 0 Å². The van der Waals surface area contributed by atoms with Crippen LogP contribution in [0.1, 0.15) is 5.56 Å². The van der Waals surface area contributed by atoms with Crippen LogP contribution in [-0.2, 0) is 0 Å². The molecule has 0 amide bonds. The van der Waals surface area contributed by atoms with E-state index >= 15 is 0 Å². The lowest BCUT2D eigenvalue weighted by Gasteiger charge is -2.11. The summed E-state index contributed by atoms with van der Waals surface area (Å²) in [6.45, 7) is 3.57. The van der Waals surface area contributed by atoms with E-state index < -0.39 is 6.36 Å². The van der Waals surface area contributed by atoms with Crippen LogP contribution in [0.2, 0.25) is 0 Å². The summed E-state index contributed by atoms with van der Waals surface area (Å²) in [4.78, 5) is 0. The molecule has 0 radical (unpaired) electrons. The van der Waals surface area contributed by atoms with Gasteiger partial charge in [0.2, 0.25) is 0 Å². The van der Waals surface area contributed by atoms with E-state index in [0.29, 0.717) is 11.1 Å². The maximum Gasteiger partial charge on any atom is 0.573 e. The molecule has 0 spiro atoms. The first-order chi connectivity index (χ1) is 8.98. The minimum absolute atomic E-state index is 0.247. The third-order valence-electron chi connectivity index (χ3n) is 2.51. The number of rotatable bonds is 3. The summed E-state index contributed by atoms with van der Waals surface area (Å²) in [5, 5.41) is 0. The second-order valence-electron chi connectivity index (χ2n) is 3.91. The van der Waals surface area contributed by atoms with E-state index in [9.17, 15) is 13.2 Å². The van der Waals surface area contributed by atoms with Crippen molar-refractivity contribution in [3.63, 3.8) is 0 Å². The molecule has 0 aliphatic rings. The third-order valence-corrected chi connectivity index (χ3v) is 2.51. The van der Waals surface area contributed by atoms with Gasteiger partial charge in [0, 0.05) is 0 Å². The van der Waals surface area contributed by atoms with Crippen LogP contribution in [0.25, 0.3) is 17.2 Å². The van der Waals surface area contributed by atoms with Crippen LogP contribution in [0.5, 0.6) is 5.75 Å². The van der Waals surface area contributed by atoms with E-state index in [0.717, 1.165) is 5.56 Å². The molecule has 0 aliphatic carbocycles. The molecule has 1 nitrogen and oxygen atoms in total. The maximum absolute atomic E-state index is 12.3. The predicted molar refractivity (Wildman–Crippen MR) is 68.7 cm³/mol. The van der Waals surface area contributed by atoms with Gasteiger partial charge in [-0.05, 0) is 34.9 Å². The van der Waals surface area contributed by atoms with Gasteiger partial charge >= 0.3 is 6.36 Å². The van der Waals surface area contributed by atoms with E-state index in [-0.39, 0.29) is 5.75 Å². The van der Waals surface area contributed by atoms with Gasteiger partial charge in [-0.15, -0.1) is 13.2 Å². The second kappa shape index (κ2) is 5.18. The Labute approximate surface area is 109 Å². The summed E-state index contributed by atoms with van der Waals surface area (Å²) in [6, 6.07) is 13.5. The van der Waals surface area contributed by atoms with E-state index in [2.05, 4.69) is 11.3 Å². The summed E-state index contributed by atoms with van der Waals surface area (Å²) in [7, 11) is 0. The highest BCUT2D eigenvalue weighted by atomic mass is 19.4. The quantitative estimate of drug-likeness (QED) is 0.766. The molecule has 0 saturated heterocycles. The first-order valence-corrected chi connectivity index (χ1v) is 5.56. The lowest BCUT2D eigenvalue weighted by Crippen LogP contribution is -2.17. The summed E-state index contributed by atoms with van der Waals surface area (Å²) < 4.78 is 40.7. The van der Waals surface area contributed by atoms with Crippen molar-refractivity contribution in [2.45, 2.75) is 6.36 Å². The van der Waals surface area contributed by atoms with Gasteiger partial charge in [-0.3, -0.25) is 0 Å². The van der Waals surface area contributed by atoms with Gasteiger partial charge in [0.1, 0.15) is 5.75 Å². The number of hydrogen-bond donors (Lipinski definition) is 0. The summed E-state index contributed by atoms with van der Waals surface area (Å²) in [5.74, 6) is -0.247. The minimum Gasteiger partial charge on any atom is -0.406 e. The molecule has 0 unspecified atom stereocenters. The highest BCUT2D eigenvalue weighted by Gasteiger charge is 2.31. The number of benzene rings is 2. The zero-order valence-electron chi connectivity index (χ0n) is 9.95. The Morgan fingerprint density at radius 3 is 2.21 bits per heavy atom. The first-order valence-electron chi connectivity index (χ1n) is 5.56. The SMILES string of the molecule is C=Cc1cc(OC(F)(F)F)cc(-c2ccccc2)c1. The molecule has 2 rings (SSSR count). The molecule has 0 fully saturated rings. The van der Waals surface area contributed by atoms with E-state index in [1.54, 1.807) is 6.07 Å². The van der Waals surface area contributed by atoms with Crippen LogP contribution in [0.15, 0.2) is 55.1 Å². The zero-order chi connectivity index (χ0) is 13.9. The highest BCUT2D eigenvalue weighted by Crippen LogP contribution is 2.30. The van der Waals surface area contributed by atoms with Crippen LogP contribution in [0.3, 0.4) is 0 Å². The average Bonchev–Trinajstić information content (AvgIpc) is 2.37. The third kappa shape index (κ3) is 3.61. The smallest absolute Gasteiger partial charge is 0.406 e. The highest BCUT2D eigenvalue weighted by molar-refractivity contribution is 5.69.